The highest BCUT2D eigenvalue weighted by molar-refractivity contribution is 5.85. The molecule has 3 atom stereocenters. The number of halogens is 1. The number of methoxy groups -OCH3 is 2. The van der Waals surface area contributed by atoms with E-state index in [1.807, 2.05) is 18.2 Å². The van der Waals surface area contributed by atoms with Crippen molar-refractivity contribution in [2.45, 2.75) is 37.8 Å². The minimum Gasteiger partial charge on any atom is -0.493 e. The molecule has 1 aliphatic carbocycles. The first kappa shape index (κ1) is 20.5. The summed E-state index contributed by atoms with van der Waals surface area (Å²) in [6, 6.07) is 5.43. The van der Waals surface area contributed by atoms with Gasteiger partial charge in [-0.15, -0.1) is 12.4 Å². The van der Waals surface area contributed by atoms with Crippen molar-refractivity contribution >= 4 is 18.3 Å². The first-order valence-corrected chi connectivity index (χ1v) is 7.97. The number of carbonyl (C=O) groups excluding carboxylic acids is 1. The lowest BCUT2D eigenvalue weighted by Gasteiger charge is -2.30. The molecule has 0 radical (unpaired) electrons. The van der Waals surface area contributed by atoms with Crippen LogP contribution in [0.3, 0.4) is 0 Å². The van der Waals surface area contributed by atoms with E-state index in [9.17, 15) is 9.90 Å². The van der Waals surface area contributed by atoms with Crippen LogP contribution in [-0.4, -0.2) is 43.9 Å². The van der Waals surface area contributed by atoms with Gasteiger partial charge >= 0.3 is 0 Å². The number of hydrogen-bond acceptors (Lipinski definition) is 5. The highest BCUT2D eigenvalue weighted by Crippen LogP contribution is 2.27. The minimum atomic E-state index is -0.481. The number of amides is 1. The Hall–Kier alpha value is -1.50. The number of benzene rings is 1. The summed E-state index contributed by atoms with van der Waals surface area (Å²) in [4.78, 5) is 12.2. The van der Waals surface area contributed by atoms with Gasteiger partial charge in [-0.2, -0.15) is 0 Å². The summed E-state index contributed by atoms with van der Waals surface area (Å²) >= 11 is 0. The van der Waals surface area contributed by atoms with E-state index in [2.05, 4.69) is 5.32 Å². The van der Waals surface area contributed by atoms with Crippen molar-refractivity contribution in [1.29, 1.82) is 0 Å². The molecule has 24 heavy (non-hydrogen) atoms. The van der Waals surface area contributed by atoms with E-state index in [4.69, 9.17) is 15.2 Å². The monoisotopic (exact) mass is 358 g/mol. The van der Waals surface area contributed by atoms with Gasteiger partial charge in [0.25, 0.3) is 0 Å². The Morgan fingerprint density at radius 1 is 1.29 bits per heavy atom. The van der Waals surface area contributed by atoms with Crippen LogP contribution in [0.4, 0.5) is 0 Å². The lowest BCUT2D eigenvalue weighted by atomic mass is 9.83. The zero-order valence-electron chi connectivity index (χ0n) is 14.2. The summed E-state index contributed by atoms with van der Waals surface area (Å²) in [6.45, 7) is 0.558. The second kappa shape index (κ2) is 9.71. The van der Waals surface area contributed by atoms with Crippen LogP contribution in [0, 0.1) is 5.92 Å². The molecule has 0 unspecified atom stereocenters. The molecule has 4 N–H and O–H groups in total. The molecule has 1 amide bonds. The third-order valence-corrected chi connectivity index (χ3v) is 4.39. The average Bonchev–Trinajstić information content (AvgIpc) is 2.57. The standard InChI is InChI=1S/C17H26N2O4.ClH/c1-22-15-6-3-11(9-16(15)23-2)7-8-19-17(21)12-4-5-14(20)13(18)10-12;/h3,6,9,12-14,20H,4-5,7-8,10,18H2,1-2H3,(H,19,21);1H/t12-,13+,14+;/m0./s1. The Bertz CT molecular complexity index is 541. The zero-order valence-corrected chi connectivity index (χ0v) is 15.0. The number of ether oxygens (including phenoxy) is 2. The molecule has 0 spiro atoms. The number of rotatable bonds is 6. The first-order valence-electron chi connectivity index (χ1n) is 7.97. The van der Waals surface area contributed by atoms with Crippen LogP contribution < -0.4 is 20.5 Å². The Balaban J connectivity index is 0.00000288. The van der Waals surface area contributed by atoms with Gasteiger partial charge < -0.3 is 25.6 Å². The van der Waals surface area contributed by atoms with Crippen molar-refractivity contribution in [3.63, 3.8) is 0 Å². The van der Waals surface area contributed by atoms with Crippen LogP contribution >= 0.6 is 12.4 Å². The van der Waals surface area contributed by atoms with Gasteiger partial charge in [0.1, 0.15) is 0 Å². The second-order valence-corrected chi connectivity index (χ2v) is 5.97. The molecule has 0 aliphatic heterocycles. The molecule has 2 rings (SSSR count). The predicted molar refractivity (Wildman–Crippen MR) is 94.8 cm³/mol. The summed E-state index contributed by atoms with van der Waals surface area (Å²) < 4.78 is 10.5. The van der Waals surface area contributed by atoms with Gasteiger partial charge in [0.2, 0.25) is 5.91 Å². The first-order chi connectivity index (χ1) is 11.0. The van der Waals surface area contributed by atoms with Gasteiger partial charge in [0, 0.05) is 18.5 Å². The minimum absolute atomic E-state index is 0. The van der Waals surface area contributed by atoms with Crippen LogP contribution in [0.15, 0.2) is 18.2 Å². The smallest absolute Gasteiger partial charge is 0.223 e. The molecule has 7 heteroatoms. The summed E-state index contributed by atoms with van der Waals surface area (Å²) in [5.74, 6) is 1.30. The van der Waals surface area contributed by atoms with Gasteiger partial charge in [0.05, 0.1) is 20.3 Å². The fourth-order valence-corrected chi connectivity index (χ4v) is 2.94. The van der Waals surface area contributed by atoms with Gasteiger partial charge in [-0.25, -0.2) is 0 Å². The van der Waals surface area contributed by atoms with Crippen molar-refractivity contribution in [3.8, 4) is 11.5 Å². The van der Waals surface area contributed by atoms with Crippen LogP contribution in [0.2, 0.25) is 0 Å². The molecule has 0 bridgehead atoms. The molecule has 1 aromatic carbocycles. The van der Waals surface area contributed by atoms with Crippen molar-refractivity contribution in [3.05, 3.63) is 23.8 Å². The van der Waals surface area contributed by atoms with Crippen LogP contribution in [-0.2, 0) is 11.2 Å². The van der Waals surface area contributed by atoms with Gasteiger partial charge in [-0.3, -0.25) is 4.79 Å². The SMILES string of the molecule is COc1ccc(CCNC(=O)[C@H]2CC[C@@H](O)[C@H](N)C2)cc1OC.Cl. The van der Waals surface area contributed by atoms with Crippen molar-refractivity contribution in [2.75, 3.05) is 20.8 Å². The maximum Gasteiger partial charge on any atom is 0.223 e. The number of nitrogens with two attached hydrogens (primary N) is 1. The Labute approximate surface area is 149 Å². The van der Waals surface area contributed by atoms with Crippen LogP contribution in [0.1, 0.15) is 24.8 Å². The third-order valence-electron chi connectivity index (χ3n) is 4.39. The lowest BCUT2D eigenvalue weighted by molar-refractivity contribution is -0.126. The summed E-state index contributed by atoms with van der Waals surface area (Å²) in [5, 5.41) is 12.6. The average molecular weight is 359 g/mol. The number of nitrogens with one attached hydrogen (secondary N) is 1. The molecule has 1 fully saturated rings. The van der Waals surface area contributed by atoms with Crippen molar-refractivity contribution in [2.24, 2.45) is 11.7 Å². The molecule has 0 aromatic heterocycles. The predicted octanol–water partition coefficient (Wildman–Crippen LogP) is 1.27. The Kier molecular flexibility index (Phi) is 8.31. The number of carbonyl (C=O) groups is 1. The quantitative estimate of drug-likeness (QED) is 0.712. The van der Waals surface area contributed by atoms with E-state index in [1.165, 1.54) is 0 Å². The van der Waals surface area contributed by atoms with E-state index < -0.39 is 6.10 Å². The fraction of sp³-hybridized carbons (Fsp3) is 0.588. The van der Waals surface area contributed by atoms with E-state index in [0.717, 1.165) is 5.56 Å². The second-order valence-electron chi connectivity index (χ2n) is 5.97. The topological polar surface area (TPSA) is 93.8 Å². The summed E-state index contributed by atoms with van der Waals surface area (Å²) in [7, 11) is 3.20. The normalized spacial score (nSPS) is 23.1. The summed E-state index contributed by atoms with van der Waals surface area (Å²) in [6.07, 6.45) is 2.06. The number of aliphatic hydroxyl groups excluding tert-OH is 1. The van der Waals surface area contributed by atoms with Gasteiger partial charge in [-0.1, -0.05) is 6.07 Å². The molecule has 136 valence electrons. The molecule has 0 heterocycles. The molecule has 1 aromatic rings. The van der Waals surface area contributed by atoms with E-state index >= 15 is 0 Å². The van der Waals surface area contributed by atoms with Crippen molar-refractivity contribution < 1.29 is 19.4 Å². The maximum atomic E-state index is 12.2. The van der Waals surface area contributed by atoms with Gasteiger partial charge in [-0.05, 0) is 43.4 Å². The lowest BCUT2D eigenvalue weighted by Crippen LogP contribution is -2.45. The van der Waals surface area contributed by atoms with E-state index in [0.29, 0.717) is 43.7 Å². The highest BCUT2D eigenvalue weighted by Gasteiger charge is 2.30. The van der Waals surface area contributed by atoms with E-state index in [1.54, 1.807) is 14.2 Å². The highest BCUT2D eigenvalue weighted by atomic mass is 35.5. The molecular weight excluding hydrogens is 332 g/mol. The van der Waals surface area contributed by atoms with Gasteiger partial charge in [0.15, 0.2) is 11.5 Å². The molecule has 1 aliphatic rings. The summed E-state index contributed by atoms with van der Waals surface area (Å²) in [5.41, 5.74) is 6.90. The van der Waals surface area contributed by atoms with Crippen molar-refractivity contribution in [1.82, 2.24) is 5.32 Å². The molecule has 1 saturated carbocycles. The Morgan fingerprint density at radius 3 is 2.62 bits per heavy atom. The zero-order chi connectivity index (χ0) is 16.8. The maximum absolute atomic E-state index is 12.2. The molecular formula is C17H27ClN2O4. The van der Waals surface area contributed by atoms with E-state index in [-0.39, 0.29) is 30.3 Å². The number of hydrogen-bond donors (Lipinski definition) is 3. The molecule has 6 nitrogen and oxygen atoms in total. The molecule has 0 saturated heterocycles. The fourth-order valence-electron chi connectivity index (χ4n) is 2.94. The largest absolute Gasteiger partial charge is 0.493 e. The van der Waals surface area contributed by atoms with Crippen LogP contribution in [0.5, 0.6) is 11.5 Å². The third kappa shape index (κ3) is 5.26. The number of aliphatic hydroxyl groups is 1. The van der Waals surface area contributed by atoms with Crippen LogP contribution in [0.25, 0.3) is 0 Å². The Morgan fingerprint density at radius 2 is 2.00 bits per heavy atom.